The van der Waals surface area contributed by atoms with Crippen molar-refractivity contribution in [2.24, 2.45) is 0 Å². The number of terminal acetylenes is 1. The lowest BCUT2D eigenvalue weighted by Crippen LogP contribution is -2.34. The summed E-state index contributed by atoms with van der Waals surface area (Å²) in [5.74, 6) is 2.23. The number of phenolic OH excluding ortho intramolecular Hbond substituents is 1. The smallest absolute Gasteiger partial charge is 0.255 e. The van der Waals surface area contributed by atoms with Gasteiger partial charge in [0.1, 0.15) is 5.75 Å². The monoisotopic (exact) mass is 231 g/mol. The number of aryl methyl sites for hydroxylation is 1. The quantitative estimate of drug-likeness (QED) is 0.781. The molecule has 0 bridgehead atoms. The van der Waals surface area contributed by atoms with E-state index in [1.807, 2.05) is 13.8 Å². The summed E-state index contributed by atoms with van der Waals surface area (Å²) in [6, 6.07) is 4.89. The minimum absolute atomic E-state index is 0.0105. The number of carbonyl (C=O) groups excluding carboxylic acids is 1. The predicted octanol–water partition coefficient (Wildman–Crippen LogP) is 2.23. The minimum atomic E-state index is -0.284. The predicted molar refractivity (Wildman–Crippen MR) is 67.8 cm³/mol. The summed E-state index contributed by atoms with van der Waals surface area (Å²) in [7, 11) is 0. The van der Waals surface area contributed by atoms with Crippen LogP contribution in [0.4, 0.5) is 0 Å². The van der Waals surface area contributed by atoms with Gasteiger partial charge in [0.15, 0.2) is 0 Å². The first-order chi connectivity index (χ1) is 8.08. The van der Waals surface area contributed by atoms with Gasteiger partial charge in [0.2, 0.25) is 0 Å². The van der Waals surface area contributed by atoms with Crippen LogP contribution in [0.3, 0.4) is 0 Å². The van der Waals surface area contributed by atoms with Gasteiger partial charge < -0.3 is 10.4 Å². The molecule has 1 aromatic rings. The van der Waals surface area contributed by atoms with Crippen LogP contribution in [0.25, 0.3) is 0 Å². The fourth-order valence-corrected chi connectivity index (χ4v) is 1.53. The molecule has 1 rings (SSSR count). The van der Waals surface area contributed by atoms with Crippen LogP contribution in [0.1, 0.15) is 35.7 Å². The highest BCUT2D eigenvalue weighted by Crippen LogP contribution is 2.18. The molecule has 0 heterocycles. The molecule has 0 radical (unpaired) electrons. The van der Waals surface area contributed by atoms with E-state index in [1.165, 1.54) is 6.07 Å². The Bertz CT molecular complexity index is 446. The maximum atomic E-state index is 11.9. The number of carbonyl (C=O) groups is 1. The Balaban J connectivity index is 2.82. The number of nitrogens with one attached hydrogen (secondary N) is 1. The van der Waals surface area contributed by atoms with Crippen molar-refractivity contribution in [3.05, 3.63) is 29.3 Å². The molecule has 0 aromatic heterocycles. The first-order valence-electron chi connectivity index (χ1n) is 5.62. The lowest BCUT2D eigenvalue weighted by molar-refractivity contribution is 0.0934. The molecule has 0 fully saturated rings. The molecule has 0 aliphatic carbocycles. The zero-order valence-corrected chi connectivity index (χ0v) is 10.2. The zero-order chi connectivity index (χ0) is 12.8. The fourth-order valence-electron chi connectivity index (χ4n) is 1.53. The molecule has 0 spiro atoms. The van der Waals surface area contributed by atoms with Crippen molar-refractivity contribution < 1.29 is 9.90 Å². The molecule has 1 aromatic carbocycles. The van der Waals surface area contributed by atoms with E-state index >= 15 is 0 Å². The molecule has 0 saturated heterocycles. The summed E-state index contributed by atoms with van der Waals surface area (Å²) >= 11 is 0. The molecular formula is C14H17NO2. The second-order valence-corrected chi connectivity index (χ2v) is 4.01. The Morgan fingerprint density at radius 3 is 2.88 bits per heavy atom. The van der Waals surface area contributed by atoms with Gasteiger partial charge in [-0.05, 0) is 25.5 Å². The Kier molecular flexibility index (Phi) is 4.59. The summed E-state index contributed by atoms with van der Waals surface area (Å²) in [5, 5.41) is 12.4. The van der Waals surface area contributed by atoms with Crippen LogP contribution < -0.4 is 5.32 Å². The third kappa shape index (κ3) is 3.53. The minimum Gasteiger partial charge on any atom is -0.507 e. The van der Waals surface area contributed by atoms with E-state index in [1.54, 1.807) is 12.1 Å². The molecule has 0 saturated carbocycles. The van der Waals surface area contributed by atoms with Crippen molar-refractivity contribution in [2.75, 3.05) is 0 Å². The summed E-state index contributed by atoms with van der Waals surface area (Å²) in [4.78, 5) is 11.9. The van der Waals surface area contributed by atoms with E-state index in [0.717, 1.165) is 12.0 Å². The first kappa shape index (κ1) is 13.1. The van der Waals surface area contributed by atoms with Gasteiger partial charge in [-0.2, -0.15) is 0 Å². The fraction of sp³-hybridized carbons (Fsp3) is 0.357. The molecule has 2 N–H and O–H groups in total. The van der Waals surface area contributed by atoms with E-state index in [2.05, 4.69) is 11.2 Å². The standard InChI is InChI=1S/C14H17NO2/c1-4-6-11(5-2)15-14(17)12-9-10(3)7-8-13(12)16/h1,7-9,11,16H,5-6H2,2-3H3,(H,15,17). The second kappa shape index (κ2) is 5.95. The van der Waals surface area contributed by atoms with Gasteiger partial charge in [-0.15, -0.1) is 12.3 Å². The highest BCUT2D eigenvalue weighted by atomic mass is 16.3. The molecule has 3 heteroatoms. The summed E-state index contributed by atoms with van der Waals surface area (Å²) < 4.78 is 0. The highest BCUT2D eigenvalue weighted by molar-refractivity contribution is 5.97. The van der Waals surface area contributed by atoms with Crippen LogP contribution in [0.2, 0.25) is 0 Å². The number of benzene rings is 1. The Labute approximate surface area is 102 Å². The van der Waals surface area contributed by atoms with Crippen molar-refractivity contribution in [3.8, 4) is 18.1 Å². The molecule has 3 nitrogen and oxygen atoms in total. The van der Waals surface area contributed by atoms with Crippen LogP contribution in [-0.4, -0.2) is 17.1 Å². The van der Waals surface area contributed by atoms with Crippen molar-refractivity contribution >= 4 is 5.91 Å². The van der Waals surface area contributed by atoms with Gasteiger partial charge in [-0.25, -0.2) is 0 Å². The first-order valence-corrected chi connectivity index (χ1v) is 5.62. The third-order valence-corrected chi connectivity index (χ3v) is 2.59. The summed E-state index contributed by atoms with van der Waals surface area (Å²) in [5.41, 5.74) is 1.22. The van der Waals surface area contributed by atoms with Gasteiger partial charge in [-0.1, -0.05) is 18.6 Å². The molecule has 17 heavy (non-hydrogen) atoms. The lowest BCUT2D eigenvalue weighted by Gasteiger charge is -2.15. The SMILES string of the molecule is C#CCC(CC)NC(=O)c1cc(C)ccc1O. The van der Waals surface area contributed by atoms with E-state index in [4.69, 9.17) is 6.42 Å². The second-order valence-electron chi connectivity index (χ2n) is 4.01. The van der Waals surface area contributed by atoms with Crippen molar-refractivity contribution in [1.29, 1.82) is 0 Å². The number of amides is 1. The molecule has 0 aliphatic rings. The Hall–Kier alpha value is -1.95. The molecule has 0 aliphatic heterocycles. The molecule has 90 valence electrons. The van der Waals surface area contributed by atoms with Crippen LogP contribution >= 0.6 is 0 Å². The van der Waals surface area contributed by atoms with Crippen LogP contribution in [-0.2, 0) is 0 Å². The number of hydrogen-bond donors (Lipinski definition) is 2. The normalized spacial score (nSPS) is 11.6. The summed E-state index contributed by atoms with van der Waals surface area (Å²) in [6.45, 7) is 3.83. The van der Waals surface area contributed by atoms with Gasteiger partial charge in [0, 0.05) is 12.5 Å². The van der Waals surface area contributed by atoms with Gasteiger partial charge in [0.25, 0.3) is 5.91 Å². The van der Waals surface area contributed by atoms with E-state index in [0.29, 0.717) is 12.0 Å². The van der Waals surface area contributed by atoms with Crippen LogP contribution in [0.15, 0.2) is 18.2 Å². The number of rotatable bonds is 4. The number of hydrogen-bond acceptors (Lipinski definition) is 2. The van der Waals surface area contributed by atoms with E-state index < -0.39 is 0 Å². The average molecular weight is 231 g/mol. The topological polar surface area (TPSA) is 49.3 Å². The number of aromatic hydroxyl groups is 1. The van der Waals surface area contributed by atoms with E-state index in [9.17, 15) is 9.90 Å². The third-order valence-electron chi connectivity index (χ3n) is 2.59. The van der Waals surface area contributed by atoms with Gasteiger partial charge in [-0.3, -0.25) is 4.79 Å². The average Bonchev–Trinajstić information content (AvgIpc) is 2.31. The lowest BCUT2D eigenvalue weighted by atomic mass is 10.1. The van der Waals surface area contributed by atoms with Crippen molar-refractivity contribution in [1.82, 2.24) is 5.32 Å². The molecule has 1 amide bonds. The largest absolute Gasteiger partial charge is 0.507 e. The summed E-state index contributed by atoms with van der Waals surface area (Å²) in [6.07, 6.45) is 6.48. The molecule has 1 atom stereocenters. The zero-order valence-electron chi connectivity index (χ0n) is 10.2. The Morgan fingerprint density at radius 2 is 2.29 bits per heavy atom. The van der Waals surface area contributed by atoms with E-state index in [-0.39, 0.29) is 17.7 Å². The van der Waals surface area contributed by atoms with Crippen LogP contribution in [0.5, 0.6) is 5.75 Å². The maximum Gasteiger partial charge on any atom is 0.255 e. The maximum absolute atomic E-state index is 11.9. The van der Waals surface area contributed by atoms with Crippen molar-refractivity contribution in [3.63, 3.8) is 0 Å². The van der Waals surface area contributed by atoms with Crippen LogP contribution in [0, 0.1) is 19.3 Å². The van der Waals surface area contributed by atoms with Gasteiger partial charge in [0.05, 0.1) is 5.56 Å². The van der Waals surface area contributed by atoms with Crippen molar-refractivity contribution in [2.45, 2.75) is 32.7 Å². The highest BCUT2D eigenvalue weighted by Gasteiger charge is 2.14. The van der Waals surface area contributed by atoms with Gasteiger partial charge >= 0.3 is 0 Å². The molecule has 1 unspecified atom stereocenters. The Morgan fingerprint density at radius 1 is 1.59 bits per heavy atom. The number of phenols is 1. The molecular weight excluding hydrogens is 214 g/mol.